The summed E-state index contributed by atoms with van der Waals surface area (Å²) in [5, 5.41) is 6.01. The van der Waals surface area contributed by atoms with Crippen molar-refractivity contribution in [3.05, 3.63) is 30.1 Å². The zero-order chi connectivity index (χ0) is 14.7. The third-order valence-electron chi connectivity index (χ3n) is 3.95. The third-order valence-corrected chi connectivity index (χ3v) is 3.95. The van der Waals surface area contributed by atoms with Crippen LogP contribution < -0.4 is 10.6 Å². The molecule has 2 heterocycles. The van der Waals surface area contributed by atoms with Gasteiger partial charge in [-0.05, 0) is 37.8 Å². The molecule has 1 aromatic heterocycles. The summed E-state index contributed by atoms with van der Waals surface area (Å²) in [5.41, 5.74) is 0.575. The molecule has 6 nitrogen and oxygen atoms in total. The fraction of sp³-hybridized carbons (Fsp3) is 0.533. The molecule has 0 unspecified atom stereocenters. The fourth-order valence-corrected chi connectivity index (χ4v) is 2.49. The molecule has 3 rings (SSSR count). The number of urea groups is 1. The van der Waals surface area contributed by atoms with Crippen molar-refractivity contribution in [2.24, 2.45) is 0 Å². The molecule has 0 spiro atoms. The Morgan fingerprint density at radius 1 is 1.10 bits per heavy atom. The Bertz CT molecular complexity index is 508. The molecule has 1 aliphatic heterocycles. The minimum absolute atomic E-state index is 0.0366. The SMILES string of the molecule is O=C(NC1CCN(C(=O)NC2CC2)CC1)c1cccnc1. The molecule has 1 saturated carbocycles. The van der Waals surface area contributed by atoms with Gasteiger partial charge in [0.15, 0.2) is 0 Å². The molecule has 3 amide bonds. The van der Waals surface area contributed by atoms with Crippen molar-refractivity contribution >= 4 is 11.9 Å². The highest BCUT2D eigenvalue weighted by molar-refractivity contribution is 5.94. The maximum Gasteiger partial charge on any atom is 0.317 e. The van der Waals surface area contributed by atoms with E-state index in [1.54, 1.807) is 24.5 Å². The molecule has 0 aromatic carbocycles. The van der Waals surface area contributed by atoms with Gasteiger partial charge in [-0.1, -0.05) is 0 Å². The highest BCUT2D eigenvalue weighted by atomic mass is 16.2. The molecule has 6 heteroatoms. The number of hydrogen-bond donors (Lipinski definition) is 2. The van der Waals surface area contributed by atoms with E-state index in [1.165, 1.54) is 0 Å². The van der Waals surface area contributed by atoms with Crippen LogP contribution in [0.3, 0.4) is 0 Å². The Labute approximate surface area is 123 Å². The molecular weight excluding hydrogens is 268 g/mol. The minimum Gasteiger partial charge on any atom is -0.349 e. The summed E-state index contributed by atoms with van der Waals surface area (Å²) in [4.78, 5) is 29.7. The summed E-state index contributed by atoms with van der Waals surface area (Å²) in [6, 6.07) is 4.05. The smallest absolute Gasteiger partial charge is 0.317 e. The van der Waals surface area contributed by atoms with E-state index in [-0.39, 0.29) is 18.0 Å². The number of carbonyl (C=O) groups excluding carboxylic acids is 2. The van der Waals surface area contributed by atoms with Crippen molar-refractivity contribution in [2.75, 3.05) is 13.1 Å². The Kier molecular flexibility index (Phi) is 4.03. The number of pyridine rings is 1. The quantitative estimate of drug-likeness (QED) is 0.876. The van der Waals surface area contributed by atoms with E-state index in [0.717, 1.165) is 25.7 Å². The van der Waals surface area contributed by atoms with Crippen molar-refractivity contribution in [3.63, 3.8) is 0 Å². The van der Waals surface area contributed by atoms with Gasteiger partial charge in [0.25, 0.3) is 5.91 Å². The first-order valence-corrected chi connectivity index (χ1v) is 7.49. The van der Waals surface area contributed by atoms with Crippen molar-refractivity contribution in [1.82, 2.24) is 20.5 Å². The topological polar surface area (TPSA) is 74.3 Å². The van der Waals surface area contributed by atoms with Crippen molar-refractivity contribution in [2.45, 2.75) is 37.8 Å². The monoisotopic (exact) mass is 288 g/mol. The maximum atomic E-state index is 12.0. The number of piperidine rings is 1. The summed E-state index contributed by atoms with van der Waals surface area (Å²) in [6.45, 7) is 1.38. The van der Waals surface area contributed by atoms with E-state index in [1.807, 2.05) is 4.90 Å². The first-order chi connectivity index (χ1) is 10.2. The van der Waals surface area contributed by atoms with E-state index in [9.17, 15) is 9.59 Å². The maximum absolute atomic E-state index is 12.0. The van der Waals surface area contributed by atoms with Crippen LogP contribution in [0.25, 0.3) is 0 Å². The Morgan fingerprint density at radius 2 is 1.81 bits per heavy atom. The zero-order valence-corrected chi connectivity index (χ0v) is 11.9. The van der Waals surface area contributed by atoms with Gasteiger partial charge < -0.3 is 15.5 Å². The van der Waals surface area contributed by atoms with Gasteiger partial charge in [-0.2, -0.15) is 0 Å². The number of aromatic nitrogens is 1. The molecule has 0 atom stereocenters. The van der Waals surface area contributed by atoms with Crippen LogP contribution in [0.2, 0.25) is 0 Å². The van der Waals surface area contributed by atoms with Gasteiger partial charge in [-0.25, -0.2) is 4.79 Å². The van der Waals surface area contributed by atoms with Gasteiger partial charge in [-0.15, -0.1) is 0 Å². The average molecular weight is 288 g/mol. The van der Waals surface area contributed by atoms with Crippen LogP contribution in [0.15, 0.2) is 24.5 Å². The van der Waals surface area contributed by atoms with Crippen LogP contribution >= 0.6 is 0 Å². The molecule has 1 aliphatic carbocycles. The second-order valence-corrected chi connectivity index (χ2v) is 5.70. The molecule has 1 saturated heterocycles. The predicted molar refractivity (Wildman–Crippen MR) is 77.9 cm³/mol. The van der Waals surface area contributed by atoms with E-state index < -0.39 is 0 Å². The average Bonchev–Trinajstić information content (AvgIpc) is 3.33. The van der Waals surface area contributed by atoms with Crippen molar-refractivity contribution in [3.8, 4) is 0 Å². The van der Waals surface area contributed by atoms with Gasteiger partial charge in [0.05, 0.1) is 5.56 Å². The predicted octanol–water partition coefficient (Wildman–Crippen LogP) is 1.15. The van der Waals surface area contributed by atoms with E-state index >= 15 is 0 Å². The molecule has 112 valence electrons. The lowest BCUT2D eigenvalue weighted by atomic mass is 10.0. The molecule has 2 N–H and O–H groups in total. The standard InChI is InChI=1S/C15H20N4O2/c20-14(11-2-1-7-16-10-11)17-13-5-8-19(9-6-13)15(21)18-12-3-4-12/h1-2,7,10,12-13H,3-6,8-9H2,(H,17,20)(H,18,21). The van der Waals surface area contributed by atoms with Crippen LogP contribution in [-0.2, 0) is 0 Å². The van der Waals surface area contributed by atoms with Crippen LogP contribution in [-0.4, -0.2) is 47.0 Å². The lowest BCUT2D eigenvalue weighted by Crippen LogP contribution is -2.49. The minimum atomic E-state index is -0.0935. The zero-order valence-electron chi connectivity index (χ0n) is 11.9. The van der Waals surface area contributed by atoms with Gasteiger partial charge in [0.2, 0.25) is 0 Å². The molecular formula is C15H20N4O2. The number of carbonyl (C=O) groups is 2. The van der Waals surface area contributed by atoms with Gasteiger partial charge in [-0.3, -0.25) is 9.78 Å². The lowest BCUT2D eigenvalue weighted by Gasteiger charge is -2.32. The first kappa shape index (κ1) is 13.9. The Morgan fingerprint density at radius 3 is 2.43 bits per heavy atom. The number of rotatable bonds is 3. The van der Waals surface area contributed by atoms with Crippen LogP contribution in [0.1, 0.15) is 36.0 Å². The first-order valence-electron chi connectivity index (χ1n) is 7.49. The van der Waals surface area contributed by atoms with Crippen LogP contribution in [0.5, 0.6) is 0 Å². The summed E-state index contributed by atoms with van der Waals surface area (Å²) in [6.07, 6.45) is 7.00. The van der Waals surface area contributed by atoms with Crippen molar-refractivity contribution < 1.29 is 9.59 Å². The van der Waals surface area contributed by atoms with Crippen molar-refractivity contribution in [1.29, 1.82) is 0 Å². The molecule has 1 aromatic rings. The number of likely N-dealkylation sites (tertiary alicyclic amines) is 1. The molecule has 2 fully saturated rings. The van der Waals surface area contributed by atoms with Gasteiger partial charge in [0.1, 0.15) is 0 Å². The number of nitrogens with one attached hydrogen (secondary N) is 2. The summed E-state index contributed by atoms with van der Waals surface area (Å²) < 4.78 is 0. The highest BCUT2D eigenvalue weighted by Gasteiger charge is 2.28. The normalized spacial score (nSPS) is 19.1. The van der Waals surface area contributed by atoms with E-state index in [0.29, 0.717) is 24.7 Å². The number of amides is 3. The number of nitrogens with zero attached hydrogens (tertiary/aromatic N) is 2. The van der Waals surface area contributed by atoms with Gasteiger partial charge >= 0.3 is 6.03 Å². The molecule has 21 heavy (non-hydrogen) atoms. The lowest BCUT2D eigenvalue weighted by molar-refractivity contribution is 0.0917. The van der Waals surface area contributed by atoms with E-state index in [2.05, 4.69) is 15.6 Å². The number of hydrogen-bond acceptors (Lipinski definition) is 3. The largest absolute Gasteiger partial charge is 0.349 e. The Balaban J connectivity index is 1.45. The van der Waals surface area contributed by atoms with E-state index in [4.69, 9.17) is 0 Å². The highest BCUT2D eigenvalue weighted by Crippen LogP contribution is 2.19. The van der Waals surface area contributed by atoms with Crippen LogP contribution in [0.4, 0.5) is 4.79 Å². The van der Waals surface area contributed by atoms with Gasteiger partial charge in [0, 0.05) is 37.6 Å². The Hall–Kier alpha value is -2.11. The summed E-state index contributed by atoms with van der Waals surface area (Å²) >= 11 is 0. The fourth-order valence-electron chi connectivity index (χ4n) is 2.49. The molecule has 0 radical (unpaired) electrons. The molecule has 2 aliphatic rings. The second-order valence-electron chi connectivity index (χ2n) is 5.70. The summed E-state index contributed by atoms with van der Waals surface area (Å²) in [7, 11) is 0. The molecule has 0 bridgehead atoms. The second kappa shape index (κ2) is 6.11. The van der Waals surface area contributed by atoms with Crippen LogP contribution in [0, 0.1) is 0 Å². The summed E-state index contributed by atoms with van der Waals surface area (Å²) in [5.74, 6) is -0.0935. The third kappa shape index (κ3) is 3.71.